The molecule has 7 fully saturated rings. The second-order valence-corrected chi connectivity index (χ2v) is 14.9. The Kier molecular flexibility index (Phi) is 7.21. The van der Waals surface area contributed by atoms with Crippen molar-refractivity contribution in [3.05, 3.63) is 0 Å². The fourth-order valence-corrected chi connectivity index (χ4v) is 9.88. The minimum Gasteiger partial charge on any atom is -0.381 e. The lowest BCUT2D eigenvalue weighted by Crippen LogP contribution is -2.48. The van der Waals surface area contributed by atoms with Crippen LogP contribution in [0.25, 0.3) is 0 Å². The molecule has 4 heterocycles. The van der Waals surface area contributed by atoms with Crippen LogP contribution < -0.4 is 10.9 Å². The molecule has 4 saturated heterocycles. The lowest BCUT2D eigenvalue weighted by Gasteiger charge is -2.45. The number of hydrogen-bond acceptors (Lipinski definition) is 6. The highest BCUT2D eigenvalue weighted by Gasteiger charge is 2.58. The van der Waals surface area contributed by atoms with Crippen LogP contribution in [0.2, 0.25) is 0 Å². The van der Waals surface area contributed by atoms with Crippen LogP contribution in [0.4, 0.5) is 13.2 Å². The van der Waals surface area contributed by atoms with Crippen molar-refractivity contribution in [2.45, 2.75) is 89.0 Å². The highest BCUT2D eigenvalue weighted by molar-refractivity contribution is 5.82. The van der Waals surface area contributed by atoms with Gasteiger partial charge in [0.05, 0.1) is 25.4 Å². The highest BCUT2D eigenvalue weighted by Crippen LogP contribution is 2.55. The minimum absolute atomic E-state index is 0.0211. The van der Waals surface area contributed by atoms with E-state index in [0.717, 1.165) is 78.0 Å². The summed E-state index contributed by atoms with van der Waals surface area (Å²) >= 11 is 0. The van der Waals surface area contributed by atoms with Crippen LogP contribution in [-0.2, 0) is 9.53 Å². The maximum absolute atomic E-state index is 14.5. The molecular weight excluding hydrogens is 519 g/mol. The molecule has 8 atom stereocenters. The van der Waals surface area contributed by atoms with E-state index in [1.54, 1.807) is 0 Å². The molecule has 7 rings (SSSR count). The Hall–Kier alpha value is -0.940. The number of alkyl halides is 3. The monoisotopic (exact) mass is 567 g/mol. The Balaban J connectivity index is 1.05. The molecule has 40 heavy (non-hydrogen) atoms. The zero-order chi connectivity index (χ0) is 27.7. The van der Waals surface area contributed by atoms with Crippen LogP contribution in [0.3, 0.4) is 0 Å². The fraction of sp³-hybridized carbons (Fsp3) is 0.967. The molecule has 3 aliphatic carbocycles. The van der Waals surface area contributed by atoms with Crippen molar-refractivity contribution in [1.82, 2.24) is 25.6 Å². The Bertz CT molecular complexity index is 954. The molecule has 0 radical (unpaired) electrons. The number of nitrogens with zero attached hydrogens (tertiary/aromatic N) is 3. The molecule has 4 aliphatic heterocycles. The number of nitrogens with one attached hydrogen (secondary N) is 2. The van der Waals surface area contributed by atoms with Gasteiger partial charge in [-0.15, -0.1) is 0 Å². The summed E-state index contributed by atoms with van der Waals surface area (Å²) in [6, 6.07) is 0.0577. The van der Waals surface area contributed by atoms with Gasteiger partial charge in [0.2, 0.25) is 5.91 Å². The maximum atomic E-state index is 14.5. The van der Waals surface area contributed by atoms with Crippen molar-refractivity contribution < 1.29 is 22.7 Å². The molecular formula is C30H48F3N5O2. The van der Waals surface area contributed by atoms with Gasteiger partial charge in [-0.25, -0.2) is 10.9 Å². The van der Waals surface area contributed by atoms with E-state index in [1.807, 2.05) is 4.90 Å². The molecule has 10 heteroatoms. The topological polar surface area (TPSA) is 60.1 Å². The molecule has 7 unspecified atom stereocenters. The van der Waals surface area contributed by atoms with E-state index in [9.17, 15) is 18.0 Å². The normalized spacial score (nSPS) is 44.1. The molecule has 0 aromatic rings. The van der Waals surface area contributed by atoms with Crippen LogP contribution in [0.15, 0.2) is 0 Å². The van der Waals surface area contributed by atoms with Crippen LogP contribution in [0.5, 0.6) is 0 Å². The zero-order valence-electron chi connectivity index (χ0n) is 24.1. The number of carbonyl (C=O) groups is 1. The molecule has 1 spiro atoms. The van der Waals surface area contributed by atoms with Crippen molar-refractivity contribution in [2.24, 2.45) is 40.4 Å². The van der Waals surface area contributed by atoms with Crippen molar-refractivity contribution in [3.8, 4) is 0 Å². The van der Waals surface area contributed by atoms with Gasteiger partial charge in [0, 0.05) is 43.6 Å². The summed E-state index contributed by atoms with van der Waals surface area (Å²) in [4.78, 5) is 20.6. The first kappa shape index (κ1) is 27.9. The molecule has 0 bridgehead atoms. The van der Waals surface area contributed by atoms with Crippen molar-refractivity contribution in [1.29, 1.82) is 0 Å². The third kappa shape index (κ3) is 5.12. The van der Waals surface area contributed by atoms with Crippen LogP contribution in [0, 0.1) is 40.4 Å². The van der Waals surface area contributed by atoms with Gasteiger partial charge in [-0.05, 0) is 101 Å². The van der Waals surface area contributed by atoms with Gasteiger partial charge in [0.1, 0.15) is 0 Å². The number of hydrogen-bond donors (Lipinski definition) is 2. The largest absolute Gasteiger partial charge is 0.392 e. The molecule has 0 aromatic carbocycles. The zero-order valence-corrected chi connectivity index (χ0v) is 24.1. The van der Waals surface area contributed by atoms with E-state index < -0.39 is 23.9 Å². The van der Waals surface area contributed by atoms with E-state index in [0.29, 0.717) is 24.3 Å². The molecule has 7 aliphatic rings. The predicted octanol–water partition coefficient (Wildman–Crippen LogP) is 3.81. The first-order valence-electron chi connectivity index (χ1n) is 16.0. The predicted molar refractivity (Wildman–Crippen MR) is 145 cm³/mol. The van der Waals surface area contributed by atoms with Crippen LogP contribution in [0.1, 0.15) is 70.6 Å². The number of likely N-dealkylation sites (tertiary alicyclic amines) is 2. The van der Waals surface area contributed by atoms with E-state index in [1.165, 1.54) is 19.3 Å². The van der Waals surface area contributed by atoms with Crippen molar-refractivity contribution in [3.63, 3.8) is 0 Å². The third-order valence-electron chi connectivity index (χ3n) is 12.4. The Morgan fingerprint density at radius 3 is 2.62 bits per heavy atom. The van der Waals surface area contributed by atoms with E-state index >= 15 is 0 Å². The van der Waals surface area contributed by atoms with Gasteiger partial charge in [-0.3, -0.25) is 9.69 Å². The van der Waals surface area contributed by atoms with Gasteiger partial charge < -0.3 is 14.5 Å². The summed E-state index contributed by atoms with van der Waals surface area (Å²) < 4.78 is 49.4. The summed E-state index contributed by atoms with van der Waals surface area (Å²) in [6.07, 6.45) is 6.54. The summed E-state index contributed by atoms with van der Waals surface area (Å²) in [5.74, 6) is -1.98. The first-order valence-corrected chi connectivity index (χ1v) is 16.0. The average Bonchev–Trinajstić information content (AvgIpc) is 3.30. The summed E-state index contributed by atoms with van der Waals surface area (Å²) in [6.45, 7) is 5.40. The average molecular weight is 568 g/mol. The number of halogens is 3. The Labute approximate surface area is 236 Å². The van der Waals surface area contributed by atoms with E-state index in [2.05, 4.69) is 27.7 Å². The molecule has 7 nitrogen and oxygen atoms in total. The summed E-state index contributed by atoms with van der Waals surface area (Å²) in [7, 11) is 2.12. The number of rotatable bonds is 6. The van der Waals surface area contributed by atoms with E-state index in [4.69, 9.17) is 4.74 Å². The molecule has 2 N–H and O–H groups in total. The SMILES string of the molecule is CN1CNNC1C[C@]1(C2CCCC(N3CC4C(CC(CN5CCC6(CC6)C5)CC4C(F)(F)F)C3=O)C2)CCOC1. The van der Waals surface area contributed by atoms with Crippen LogP contribution >= 0.6 is 0 Å². The number of fused-ring (bicyclic) bond motifs is 1. The number of carbonyl (C=O) groups excluding carboxylic acids is 1. The van der Waals surface area contributed by atoms with Gasteiger partial charge >= 0.3 is 6.18 Å². The van der Waals surface area contributed by atoms with Crippen LogP contribution in [-0.4, -0.2) is 92.1 Å². The second kappa shape index (κ2) is 10.4. The Morgan fingerprint density at radius 1 is 1.10 bits per heavy atom. The second-order valence-electron chi connectivity index (χ2n) is 14.9. The molecule has 1 amide bonds. The standard InChI is InChI=1S/C30H48F3N5O2/c1-36-19-34-35-26(36)14-29(8-10-40-18-29)21-3-2-4-22(13-21)38-16-24-23(27(38)39)11-20(12-25(24)30(31,32)33)15-37-9-7-28(17-37)5-6-28/h20-26,34-35H,2-19H2,1H3/t20?,21?,22?,23?,24?,25?,26?,29-/m1/s1. The smallest absolute Gasteiger partial charge is 0.381 e. The third-order valence-corrected chi connectivity index (χ3v) is 12.4. The van der Waals surface area contributed by atoms with Gasteiger partial charge in [-0.2, -0.15) is 13.2 Å². The van der Waals surface area contributed by atoms with Gasteiger partial charge in [0.15, 0.2) is 0 Å². The molecule has 3 saturated carbocycles. The number of ether oxygens (including phenoxy) is 1. The maximum Gasteiger partial charge on any atom is 0.392 e. The van der Waals surface area contributed by atoms with Gasteiger partial charge in [-0.1, -0.05) is 6.42 Å². The van der Waals surface area contributed by atoms with E-state index in [-0.39, 0.29) is 35.9 Å². The highest BCUT2D eigenvalue weighted by atomic mass is 19.4. The number of hydrazine groups is 1. The summed E-state index contributed by atoms with van der Waals surface area (Å²) in [5, 5.41) is 0. The van der Waals surface area contributed by atoms with Crippen molar-refractivity contribution >= 4 is 5.91 Å². The fourth-order valence-electron chi connectivity index (χ4n) is 9.88. The lowest BCUT2D eigenvalue weighted by molar-refractivity contribution is -0.204. The first-order chi connectivity index (χ1) is 19.1. The molecule has 226 valence electrons. The quantitative estimate of drug-likeness (QED) is 0.509. The van der Waals surface area contributed by atoms with Crippen molar-refractivity contribution in [2.75, 3.05) is 53.1 Å². The van der Waals surface area contributed by atoms with Gasteiger partial charge in [0.25, 0.3) is 0 Å². The number of amides is 1. The molecule has 0 aromatic heterocycles. The minimum atomic E-state index is -4.24. The summed E-state index contributed by atoms with van der Waals surface area (Å²) in [5.41, 5.74) is 7.18. The lowest BCUT2D eigenvalue weighted by atomic mass is 9.65. The Morgan fingerprint density at radius 2 is 1.95 bits per heavy atom.